The van der Waals surface area contributed by atoms with Crippen LogP contribution in [0.5, 0.6) is 0 Å². The van der Waals surface area contributed by atoms with Crippen molar-refractivity contribution >= 4 is 10.0 Å². The predicted molar refractivity (Wildman–Crippen MR) is 68.9 cm³/mol. The van der Waals surface area contributed by atoms with Gasteiger partial charge in [0.25, 0.3) is 0 Å². The first-order valence-electron chi connectivity index (χ1n) is 6.60. The molecule has 1 saturated carbocycles. The van der Waals surface area contributed by atoms with E-state index in [0.717, 1.165) is 6.42 Å². The lowest BCUT2D eigenvalue weighted by Crippen LogP contribution is -2.33. The highest BCUT2D eigenvalue weighted by molar-refractivity contribution is 7.89. The minimum atomic E-state index is -3.14. The van der Waals surface area contributed by atoms with E-state index in [4.69, 9.17) is 9.47 Å². The van der Waals surface area contributed by atoms with Gasteiger partial charge >= 0.3 is 0 Å². The lowest BCUT2D eigenvalue weighted by molar-refractivity contribution is -0.00461. The molecule has 1 aliphatic heterocycles. The van der Waals surface area contributed by atoms with E-state index in [0.29, 0.717) is 19.0 Å². The number of rotatable bonds is 6. The van der Waals surface area contributed by atoms with Crippen LogP contribution in [0.1, 0.15) is 25.7 Å². The number of hydrogen-bond acceptors (Lipinski definition) is 4. The molecule has 1 saturated heterocycles. The summed E-state index contributed by atoms with van der Waals surface area (Å²) in [6.45, 7) is 0.837. The molecule has 0 N–H and O–H groups in total. The van der Waals surface area contributed by atoms with Gasteiger partial charge in [-0.1, -0.05) is 19.3 Å². The molecule has 6 heteroatoms. The fourth-order valence-corrected chi connectivity index (χ4v) is 4.25. The number of methoxy groups -OCH3 is 2. The molecular weight excluding hydrogens is 254 g/mol. The minimum Gasteiger partial charge on any atom is -0.377 e. The molecule has 0 radical (unpaired) electrons. The fraction of sp³-hybridized carbons (Fsp3) is 1.00. The van der Waals surface area contributed by atoms with Crippen molar-refractivity contribution in [2.75, 3.05) is 33.1 Å². The smallest absolute Gasteiger partial charge is 0.214 e. The number of hydrogen-bond donors (Lipinski definition) is 0. The largest absolute Gasteiger partial charge is 0.377 e. The van der Waals surface area contributed by atoms with Gasteiger partial charge in [-0.05, 0) is 12.3 Å². The fourth-order valence-electron chi connectivity index (χ4n) is 2.62. The van der Waals surface area contributed by atoms with Crippen LogP contribution in [0.4, 0.5) is 0 Å². The van der Waals surface area contributed by atoms with E-state index in [1.807, 2.05) is 0 Å². The van der Waals surface area contributed by atoms with E-state index in [2.05, 4.69) is 0 Å². The summed E-state index contributed by atoms with van der Waals surface area (Å²) in [5.41, 5.74) is 0. The molecule has 18 heavy (non-hydrogen) atoms. The van der Waals surface area contributed by atoms with Crippen molar-refractivity contribution in [2.24, 2.45) is 5.92 Å². The zero-order valence-electron chi connectivity index (χ0n) is 11.2. The van der Waals surface area contributed by atoms with Crippen molar-refractivity contribution in [3.05, 3.63) is 0 Å². The second-order valence-corrected chi connectivity index (χ2v) is 7.36. The van der Waals surface area contributed by atoms with Crippen LogP contribution in [0.2, 0.25) is 0 Å². The monoisotopic (exact) mass is 277 g/mol. The Kier molecular flexibility index (Phi) is 4.64. The molecule has 0 aromatic heterocycles. The van der Waals surface area contributed by atoms with Crippen molar-refractivity contribution in [1.82, 2.24) is 4.31 Å². The molecule has 1 heterocycles. The van der Waals surface area contributed by atoms with Crippen LogP contribution in [0.25, 0.3) is 0 Å². The van der Waals surface area contributed by atoms with E-state index in [1.54, 1.807) is 14.2 Å². The van der Waals surface area contributed by atoms with E-state index >= 15 is 0 Å². The number of ether oxygens (including phenoxy) is 2. The minimum absolute atomic E-state index is 0.145. The van der Waals surface area contributed by atoms with Gasteiger partial charge in [0.05, 0.1) is 18.0 Å². The second kappa shape index (κ2) is 5.86. The van der Waals surface area contributed by atoms with Gasteiger partial charge in [0.15, 0.2) is 0 Å². The van der Waals surface area contributed by atoms with E-state index < -0.39 is 10.0 Å². The van der Waals surface area contributed by atoms with Gasteiger partial charge < -0.3 is 9.47 Å². The van der Waals surface area contributed by atoms with Crippen LogP contribution >= 0.6 is 0 Å². The molecule has 106 valence electrons. The Bertz CT molecular complexity index is 354. The van der Waals surface area contributed by atoms with Crippen molar-refractivity contribution in [1.29, 1.82) is 0 Å². The van der Waals surface area contributed by atoms with Gasteiger partial charge in [-0.15, -0.1) is 0 Å². The van der Waals surface area contributed by atoms with Gasteiger partial charge in [0.2, 0.25) is 10.0 Å². The average molecular weight is 277 g/mol. The standard InChI is InChI=1S/C12H23NO4S/c1-16-11-8-13(9-12(11)17-2)18(14,15)7-6-10-4-3-5-10/h10-12H,3-9H2,1-2H3/t11-,12-/m1/s1. The van der Waals surface area contributed by atoms with Crippen molar-refractivity contribution in [2.45, 2.75) is 37.9 Å². The highest BCUT2D eigenvalue weighted by Crippen LogP contribution is 2.30. The second-order valence-electron chi connectivity index (χ2n) is 5.27. The average Bonchev–Trinajstić information content (AvgIpc) is 2.70. The number of sulfonamides is 1. The molecule has 5 nitrogen and oxygen atoms in total. The summed E-state index contributed by atoms with van der Waals surface area (Å²) in [6, 6.07) is 0. The van der Waals surface area contributed by atoms with E-state index in [1.165, 1.54) is 23.6 Å². The van der Waals surface area contributed by atoms with Crippen LogP contribution in [0, 0.1) is 5.92 Å². The Balaban J connectivity index is 1.89. The summed E-state index contributed by atoms with van der Waals surface area (Å²) >= 11 is 0. The zero-order chi connectivity index (χ0) is 13.2. The predicted octanol–water partition coefficient (Wildman–Crippen LogP) is 0.852. The molecule has 0 bridgehead atoms. The Morgan fingerprint density at radius 2 is 1.67 bits per heavy atom. The summed E-state index contributed by atoms with van der Waals surface area (Å²) < 4.78 is 36.5. The van der Waals surface area contributed by atoms with Crippen LogP contribution in [0.15, 0.2) is 0 Å². The Hall–Kier alpha value is -0.170. The van der Waals surface area contributed by atoms with Gasteiger partial charge in [0, 0.05) is 27.3 Å². The van der Waals surface area contributed by atoms with Crippen LogP contribution in [0.3, 0.4) is 0 Å². The first kappa shape index (κ1) is 14.2. The summed E-state index contributed by atoms with van der Waals surface area (Å²) in [5, 5.41) is 0. The van der Waals surface area contributed by atoms with Crippen LogP contribution < -0.4 is 0 Å². The quantitative estimate of drug-likeness (QED) is 0.722. The highest BCUT2D eigenvalue weighted by Gasteiger charge is 2.39. The summed E-state index contributed by atoms with van der Waals surface area (Å²) in [6.07, 6.45) is 4.15. The molecule has 0 spiro atoms. The van der Waals surface area contributed by atoms with Gasteiger partial charge in [-0.3, -0.25) is 0 Å². The molecule has 0 amide bonds. The maximum Gasteiger partial charge on any atom is 0.214 e. The Morgan fingerprint density at radius 1 is 1.11 bits per heavy atom. The highest BCUT2D eigenvalue weighted by atomic mass is 32.2. The summed E-state index contributed by atoms with van der Waals surface area (Å²) in [4.78, 5) is 0. The molecule has 0 aromatic rings. The van der Waals surface area contributed by atoms with Gasteiger partial charge in [-0.2, -0.15) is 4.31 Å². The normalized spacial score (nSPS) is 30.6. The SMILES string of the molecule is CO[C@@H]1CN(S(=O)(=O)CCC2CCC2)C[C@H]1OC. The molecule has 1 aliphatic carbocycles. The molecule has 0 unspecified atom stereocenters. The molecule has 2 fully saturated rings. The van der Waals surface area contributed by atoms with E-state index in [9.17, 15) is 8.42 Å². The molecule has 2 aliphatic rings. The lowest BCUT2D eigenvalue weighted by atomic mass is 9.84. The topological polar surface area (TPSA) is 55.8 Å². The van der Waals surface area contributed by atoms with Crippen molar-refractivity contribution in [3.8, 4) is 0 Å². The first-order valence-corrected chi connectivity index (χ1v) is 8.21. The maximum atomic E-state index is 12.2. The van der Waals surface area contributed by atoms with Gasteiger partial charge in [0.1, 0.15) is 0 Å². The third kappa shape index (κ3) is 3.04. The molecule has 0 aromatic carbocycles. The zero-order valence-corrected chi connectivity index (χ0v) is 12.0. The van der Waals surface area contributed by atoms with Crippen molar-refractivity contribution in [3.63, 3.8) is 0 Å². The molecule has 2 rings (SSSR count). The molecular formula is C12H23NO4S. The number of nitrogens with zero attached hydrogens (tertiary/aromatic N) is 1. The summed E-state index contributed by atoms with van der Waals surface area (Å²) in [7, 11) is 0.0528. The Morgan fingerprint density at radius 3 is 2.06 bits per heavy atom. The Labute approximate surface area is 109 Å². The molecule has 2 atom stereocenters. The third-order valence-corrected chi connectivity index (χ3v) is 6.03. The van der Waals surface area contributed by atoms with Crippen LogP contribution in [-0.4, -0.2) is 58.0 Å². The lowest BCUT2D eigenvalue weighted by Gasteiger charge is -2.26. The van der Waals surface area contributed by atoms with Crippen LogP contribution in [-0.2, 0) is 19.5 Å². The van der Waals surface area contributed by atoms with Crippen molar-refractivity contribution < 1.29 is 17.9 Å². The first-order chi connectivity index (χ1) is 8.56. The summed E-state index contributed by atoms with van der Waals surface area (Å²) in [5.74, 6) is 0.892. The van der Waals surface area contributed by atoms with Gasteiger partial charge in [-0.25, -0.2) is 8.42 Å². The third-order valence-electron chi connectivity index (χ3n) is 4.19. The van der Waals surface area contributed by atoms with E-state index in [-0.39, 0.29) is 18.0 Å². The maximum absolute atomic E-state index is 12.2.